The minimum atomic E-state index is -0.622. The van der Waals surface area contributed by atoms with Gasteiger partial charge in [0.15, 0.2) is 0 Å². The molecule has 0 spiro atoms. The van der Waals surface area contributed by atoms with Gasteiger partial charge in [-0.25, -0.2) is 14.8 Å². The second kappa shape index (κ2) is 16.8. The molecule has 8 heteroatoms. The van der Waals surface area contributed by atoms with Crippen molar-refractivity contribution >= 4 is 28.8 Å². The molecular weight excluding hydrogens is 693 g/mol. The summed E-state index contributed by atoms with van der Waals surface area (Å²) < 4.78 is 7.76. The lowest BCUT2D eigenvalue weighted by atomic mass is 9.76. The molecule has 6 aromatic rings. The Morgan fingerprint density at radius 1 is 0.786 bits per heavy atom. The van der Waals surface area contributed by atoms with E-state index in [2.05, 4.69) is 144 Å². The Bertz CT molecular complexity index is 2150. The van der Waals surface area contributed by atoms with Crippen LogP contribution in [0.5, 0.6) is 0 Å². The van der Waals surface area contributed by atoms with Crippen LogP contribution in [0.1, 0.15) is 65.7 Å². The predicted molar refractivity (Wildman–Crippen MR) is 226 cm³/mol. The van der Waals surface area contributed by atoms with Crippen molar-refractivity contribution in [3.05, 3.63) is 179 Å². The SMILES string of the molecule is COCCN1N=C(C2CCCCC2)c2ccc(C)cc2N(c2ccc(NCCc3nccn3C(c3ccccc3)(c3ccccc3)c3ccccc3)cc2)C1=O. The lowest BCUT2D eigenvalue weighted by Crippen LogP contribution is -2.39. The Morgan fingerprint density at radius 2 is 1.41 bits per heavy atom. The first-order valence-electron chi connectivity index (χ1n) is 19.9. The van der Waals surface area contributed by atoms with E-state index < -0.39 is 5.54 Å². The molecule has 0 unspecified atom stereocenters. The predicted octanol–water partition coefficient (Wildman–Crippen LogP) is 10.2. The normalized spacial score (nSPS) is 15.0. The number of carbonyl (C=O) groups excluding carboxylic acids is 1. The van der Waals surface area contributed by atoms with E-state index in [4.69, 9.17) is 14.8 Å². The number of anilines is 3. The van der Waals surface area contributed by atoms with E-state index in [0.29, 0.717) is 32.0 Å². The van der Waals surface area contributed by atoms with Gasteiger partial charge in [0.05, 0.1) is 30.2 Å². The number of hydrogen-bond donors (Lipinski definition) is 1. The highest BCUT2D eigenvalue weighted by molar-refractivity contribution is 6.14. The highest BCUT2D eigenvalue weighted by Gasteiger charge is 2.39. The lowest BCUT2D eigenvalue weighted by molar-refractivity contribution is 0.155. The number of benzene rings is 5. The van der Waals surface area contributed by atoms with E-state index in [1.807, 2.05) is 23.2 Å². The fourth-order valence-electron chi connectivity index (χ4n) is 8.57. The summed E-state index contributed by atoms with van der Waals surface area (Å²) in [7, 11) is 1.66. The standard InChI is InChI=1S/C48H50N6O2/c1-36-23-28-43-44(35-36)54(47(55)53(33-34-56-2)51-46(43)37-15-7-3-8-16-37)42-26-24-41(25-27-42)49-30-29-45-50-31-32-52(45)48(38-17-9-4-10-18-38,39-19-11-5-12-20-39)40-21-13-6-14-22-40/h4-6,9-14,17-28,31-32,35,37,49H,3,7-8,15-16,29-30,33-34H2,1-2H3. The van der Waals surface area contributed by atoms with E-state index in [0.717, 1.165) is 69.3 Å². The number of urea groups is 1. The molecule has 0 saturated heterocycles. The van der Waals surface area contributed by atoms with Gasteiger partial charge in [-0.1, -0.05) is 122 Å². The first-order valence-corrected chi connectivity index (χ1v) is 19.9. The number of aryl methyl sites for hydroxylation is 1. The first kappa shape index (κ1) is 37.0. The maximum absolute atomic E-state index is 14.4. The van der Waals surface area contributed by atoms with Crippen LogP contribution in [0.3, 0.4) is 0 Å². The molecule has 1 fully saturated rings. The molecule has 1 aromatic heterocycles. The topological polar surface area (TPSA) is 75.0 Å². The minimum absolute atomic E-state index is 0.175. The Hall–Kier alpha value is -5.99. The van der Waals surface area contributed by atoms with Crippen molar-refractivity contribution in [3.8, 4) is 0 Å². The fourth-order valence-corrected chi connectivity index (χ4v) is 8.57. The Morgan fingerprint density at radius 3 is 2.02 bits per heavy atom. The van der Waals surface area contributed by atoms with Gasteiger partial charge < -0.3 is 14.6 Å². The van der Waals surface area contributed by atoms with Crippen LogP contribution in [0.4, 0.5) is 21.9 Å². The molecule has 284 valence electrons. The molecule has 2 amide bonds. The summed E-state index contributed by atoms with van der Waals surface area (Å²) in [5.74, 6) is 1.29. The van der Waals surface area contributed by atoms with Gasteiger partial charge in [-0.2, -0.15) is 5.10 Å². The van der Waals surface area contributed by atoms with Gasteiger partial charge in [-0.05, 0) is 72.4 Å². The zero-order chi connectivity index (χ0) is 38.3. The summed E-state index contributed by atoms with van der Waals surface area (Å²) in [4.78, 5) is 21.2. The fraction of sp³-hybridized carbons (Fsp3) is 0.271. The number of rotatable bonds is 13. The van der Waals surface area contributed by atoms with Crippen LogP contribution in [-0.4, -0.2) is 53.1 Å². The minimum Gasteiger partial charge on any atom is -0.385 e. The Balaban J connectivity index is 1.07. The van der Waals surface area contributed by atoms with Gasteiger partial charge in [0, 0.05) is 49.6 Å². The maximum atomic E-state index is 14.4. The van der Waals surface area contributed by atoms with E-state index >= 15 is 0 Å². The van der Waals surface area contributed by atoms with E-state index in [1.54, 1.807) is 12.1 Å². The van der Waals surface area contributed by atoms with E-state index in [-0.39, 0.29) is 6.03 Å². The van der Waals surface area contributed by atoms with Crippen molar-refractivity contribution in [1.29, 1.82) is 0 Å². The number of ether oxygens (including phenoxy) is 1. The molecule has 1 aliphatic heterocycles. The molecule has 8 nitrogen and oxygen atoms in total. The molecule has 0 bridgehead atoms. The van der Waals surface area contributed by atoms with Crippen LogP contribution in [0.15, 0.2) is 151 Å². The van der Waals surface area contributed by atoms with Crippen LogP contribution in [0.25, 0.3) is 0 Å². The summed E-state index contributed by atoms with van der Waals surface area (Å²) >= 11 is 0. The zero-order valence-corrected chi connectivity index (χ0v) is 32.4. The molecule has 1 saturated carbocycles. The van der Waals surface area contributed by atoms with Crippen LogP contribution >= 0.6 is 0 Å². The number of hydrogen-bond acceptors (Lipinski definition) is 5. The number of nitrogens with one attached hydrogen (secondary N) is 1. The number of hydrazone groups is 1. The number of imidazole rings is 1. The third-order valence-electron chi connectivity index (χ3n) is 11.3. The second-order valence-electron chi connectivity index (χ2n) is 14.8. The summed E-state index contributed by atoms with van der Waals surface area (Å²) in [6.45, 7) is 3.53. The summed E-state index contributed by atoms with van der Waals surface area (Å²) in [6, 6.07) is 46.5. The number of amides is 2. The number of methoxy groups -OCH3 is 1. The van der Waals surface area contributed by atoms with Crippen LogP contribution in [0, 0.1) is 12.8 Å². The Labute approximate surface area is 330 Å². The largest absolute Gasteiger partial charge is 0.385 e. The number of fused-ring (bicyclic) bond motifs is 1. The molecule has 5 aromatic carbocycles. The van der Waals surface area contributed by atoms with Gasteiger partial charge in [0.25, 0.3) is 0 Å². The van der Waals surface area contributed by atoms with Crippen molar-refractivity contribution in [1.82, 2.24) is 14.6 Å². The monoisotopic (exact) mass is 742 g/mol. The number of aromatic nitrogens is 2. The molecule has 1 N–H and O–H groups in total. The van der Waals surface area contributed by atoms with Crippen molar-refractivity contribution in [3.63, 3.8) is 0 Å². The van der Waals surface area contributed by atoms with Crippen molar-refractivity contribution < 1.29 is 9.53 Å². The summed E-state index contributed by atoms with van der Waals surface area (Å²) in [5.41, 5.74) is 8.66. The number of carbonyl (C=O) groups is 1. The number of nitrogens with zero attached hydrogens (tertiary/aromatic N) is 5. The van der Waals surface area contributed by atoms with Crippen molar-refractivity contribution in [2.24, 2.45) is 11.0 Å². The molecule has 2 aliphatic rings. The Kier molecular flexibility index (Phi) is 11.1. The molecule has 8 rings (SSSR count). The first-order chi connectivity index (χ1) is 27.6. The van der Waals surface area contributed by atoms with Gasteiger partial charge in [0.1, 0.15) is 11.4 Å². The molecular formula is C48H50N6O2. The van der Waals surface area contributed by atoms with E-state index in [1.165, 1.54) is 19.3 Å². The third-order valence-corrected chi connectivity index (χ3v) is 11.3. The average molecular weight is 743 g/mol. The van der Waals surface area contributed by atoms with Crippen molar-refractivity contribution in [2.45, 2.75) is 51.0 Å². The van der Waals surface area contributed by atoms with Gasteiger partial charge >= 0.3 is 6.03 Å². The molecule has 1 aliphatic carbocycles. The molecule has 0 radical (unpaired) electrons. The molecule has 56 heavy (non-hydrogen) atoms. The maximum Gasteiger partial charge on any atom is 0.349 e. The zero-order valence-electron chi connectivity index (χ0n) is 32.4. The summed E-state index contributed by atoms with van der Waals surface area (Å²) in [5, 5.41) is 10.3. The summed E-state index contributed by atoms with van der Waals surface area (Å²) in [6.07, 6.45) is 10.5. The quantitative estimate of drug-likeness (QED) is 0.120. The second-order valence-corrected chi connectivity index (χ2v) is 14.8. The average Bonchev–Trinajstić information content (AvgIpc) is 3.68. The van der Waals surface area contributed by atoms with Crippen LogP contribution < -0.4 is 10.2 Å². The lowest BCUT2D eigenvalue weighted by Gasteiger charge is -2.38. The van der Waals surface area contributed by atoms with Gasteiger partial charge in [-0.15, -0.1) is 0 Å². The van der Waals surface area contributed by atoms with Crippen molar-refractivity contribution in [2.75, 3.05) is 37.0 Å². The smallest absolute Gasteiger partial charge is 0.349 e. The highest BCUT2D eigenvalue weighted by atomic mass is 16.5. The van der Waals surface area contributed by atoms with Crippen LogP contribution in [-0.2, 0) is 16.7 Å². The van der Waals surface area contributed by atoms with Crippen LogP contribution in [0.2, 0.25) is 0 Å². The third kappa shape index (κ3) is 7.25. The highest BCUT2D eigenvalue weighted by Crippen LogP contribution is 2.42. The molecule has 2 heterocycles. The molecule has 0 atom stereocenters. The van der Waals surface area contributed by atoms with E-state index in [9.17, 15) is 4.79 Å². The van der Waals surface area contributed by atoms with Gasteiger partial charge in [-0.3, -0.25) is 4.90 Å². The van der Waals surface area contributed by atoms with Gasteiger partial charge in [0.2, 0.25) is 0 Å².